The van der Waals surface area contributed by atoms with Crippen molar-refractivity contribution >= 4 is 28.1 Å². The lowest BCUT2D eigenvalue weighted by Gasteiger charge is -2.30. The topological polar surface area (TPSA) is 69.0 Å². The first kappa shape index (κ1) is 16.8. The maximum atomic E-state index is 12.8. The second-order valence-corrected chi connectivity index (χ2v) is 7.46. The molecular weight excluding hydrogens is 324 g/mol. The van der Waals surface area contributed by atoms with E-state index in [0.29, 0.717) is 12.8 Å². The van der Waals surface area contributed by atoms with Gasteiger partial charge in [0.2, 0.25) is 5.91 Å². The van der Waals surface area contributed by atoms with E-state index >= 15 is 0 Å². The molecule has 5 nitrogen and oxygen atoms in total. The Balaban J connectivity index is 1.68. The summed E-state index contributed by atoms with van der Waals surface area (Å²) in [5.41, 5.74) is 1.08. The molecule has 1 N–H and O–H groups in total. The van der Waals surface area contributed by atoms with Gasteiger partial charge < -0.3 is 10.2 Å². The van der Waals surface area contributed by atoms with Crippen LogP contribution in [0.4, 0.5) is 11.4 Å². The normalized spacial score (nSPS) is 19.3. The third kappa shape index (κ3) is 2.90. The third-order valence-electron chi connectivity index (χ3n) is 5.85. The van der Waals surface area contributed by atoms with E-state index in [4.69, 9.17) is 0 Å². The van der Waals surface area contributed by atoms with Crippen molar-refractivity contribution in [3.63, 3.8) is 0 Å². The monoisotopic (exact) mass is 348 g/mol. The Morgan fingerprint density at radius 1 is 1.08 bits per heavy atom. The summed E-state index contributed by atoms with van der Waals surface area (Å²) >= 11 is 0. The van der Waals surface area contributed by atoms with Gasteiger partial charge in [-0.2, -0.15) is 5.26 Å². The fourth-order valence-electron chi connectivity index (χ4n) is 4.30. The van der Waals surface area contributed by atoms with Crippen molar-refractivity contribution in [1.29, 1.82) is 5.26 Å². The van der Waals surface area contributed by atoms with Crippen molar-refractivity contribution in [2.45, 2.75) is 44.9 Å². The van der Waals surface area contributed by atoms with Crippen molar-refractivity contribution in [1.82, 2.24) is 4.98 Å². The molecule has 5 heteroatoms. The van der Waals surface area contributed by atoms with Crippen molar-refractivity contribution in [2.24, 2.45) is 5.41 Å². The Morgan fingerprint density at radius 3 is 2.58 bits per heavy atom. The first-order chi connectivity index (χ1) is 12.7. The molecule has 2 heterocycles. The lowest BCUT2D eigenvalue weighted by molar-refractivity contribution is -0.122. The van der Waals surface area contributed by atoms with Crippen LogP contribution in [0.1, 0.15) is 44.9 Å². The van der Waals surface area contributed by atoms with Gasteiger partial charge in [-0.15, -0.1) is 0 Å². The lowest BCUT2D eigenvalue weighted by Crippen LogP contribution is -2.32. The molecule has 2 aromatic rings. The van der Waals surface area contributed by atoms with Crippen LogP contribution in [-0.2, 0) is 4.79 Å². The Labute approximate surface area is 154 Å². The van der Waals surface area contributed by atoms with E-state index in [1.165, 1.54) is 24.9 Å². The Kier molecular flexibility index (Phi) is 4.50. The number of hydrogen-bond acceptors (Lipinski definition) is 4. The summed E-state index contributed by atoms with van der Waals surface area (Å²) in [4.78, 5) is 19.5. The molecule has 0 atom stereocenters. The van der Waals surface area contributed by atoms with Gasteiger partial charge >= 0.3 is 0 Å². The molecule has 2 aliphatic rings. The number of aromatic nitrogens is 1. The van der Waals surface area contributed by atoms with Gasteiger partial charge in [0.25, 0.3) is 0 Å². The lowest BCUT2D eigenvalue weighted by atomic mass is 9.87. The van der Waals surface area contributed by atoms with Gasteiger partial charge in [0, 0.05) is 41.9 Å². The van der Waals surface area contributed by atoms with Gasteiger partial charge in [0.15, 0.2) is 0 Å². The van der Waals surface area contributed by atoms with Gasteiger partial charge in [-0.1, -0.05) is 12.8 Å². The first-order valence-electron chi connectivity index (χ1n) is 9.58. The Bertz CT molecular complexity index is 858. The van der Waals surface area contributed by atoms with Gasteiger partial charge in [0.05, 0.1) is 11.8 Å². The van der Waals surface area contributed by atoms with Crippen LogP contribution < -0.4 is 10.2 Å². The number of carbonyl (C=O) groups excluding carboxylic acids is 1. The van der Waals surface area contributed by atoms with Gasteiger partial charge in [0.1, 0.15) is 5.41 Å². The Hall–Kier alpha value is -2.61. The molecule has 0 spiro atoms. The number of amides is 1. The zero-order valence-corrected chi connectivity index (χ0v) is 15.0. The number of rotatable bonds is 3. The van der Waals surface area contributed by atoms with Crippen LogP contribution in [0.5, 0.6) is 0 Å². The molecule has 1 saturated heterocycles. The van der Waals surface area contributed by atoms with Crippen molar-refractivity contribution in [2.75, 3.05) is 23.3 Å². The summed E-state index contributed by atoms with van der Waals surface area (Å²) in [6.07, 6.45) is 10.5. The number of anilines is 2. The van der Waals surface area contributed by atoms with Crippen molar-refractivity contribution in [3.8, 4) is 6.07 Å². The third-order valence-corrected chi connectivity index (χ3v) is 5.85. The predicted octanol–water partition coefficient (Wildman–Crippen LogP) is 4.25. The van der Waals surface area contributed by atoms with Crippen LogP contribution in [0.2, 0.25) is 0 Å². The molecule has 0 unspecified atom stereocenters. The number of nitrogens with zero attached hydrogens (tertiary/aromatic N) is 3. The second kappa shape index (κ2) is 6.95. The maximum absolute atomic E-state index is 12.8. The van der Waals surface area contributed by atoms with Crippen LogP contribution in [0.25, 0.3) is 10.8 Å². The van der Waals surface area contributed by atoms with Gasteiger partial charge in [-0.25, -0.2) is 0 Å². The molecule has 134 valence electrons. The molecule has 1 aromatic carbocycles. The summed E-state index contributed by atoms with van der Waals surface area (Å²) in [7, 11) is 0. The average Bonchev–Trinajstić information content (AvgIpc) is 3.19. The van der Waals surface area contributed by atoms with E-state index in [1.807, 2.05) is 18.3 Å². The standard InChI is InChI=1S/C21H24N4O/c22-15-21(9-2-3-10-21)20(26)24-18-6-7-19(25-12-4-1-5-13-25)16-8-11-23-14-17(16)18/h6-8,11,14H,1-5,9-10,12-13H2,(H,24,26). The molecule has 2 fully saturated rings. The van der Waals surface area contributed by atoms with E-state index in [2.05, 4.69) is 27.3 Å². The van der Waals surface area contributed by atoms with Crippen LogP contribution >= 0.6 is 0 Å². The predicted molar refractivity (Wildman–Crippen MR) is 103 cm³/mol. The second-order valence-electron chi connectivity index (χ2n) is 7.46. The average molecular weight is 348 g/mol. The number of hydrogen-bond donors (Lipinski definition) is 1. The van der Waals surface area contributed by atoms with E-state index in [1.54, 1.807) is 6.20 Å². The van der Waals surface area contributed by atoms with Crippen LogP contribution in [0.3, 0.4) is 0 Å². The van der Waals surface area contributed by atoms with Crippen molar-refractivity contribution in [3.05, 3.63) is 30.6 Å². The van der Waals surface area contributed by atoms with Crippen LogP contribution in [0.15, 0.2) is 30.6 Å². The smallest absolute Gasteiger partial charge is 0.244 e. The molecule has 0 radical (unpaired) electrons. The van der Waals surface area contributed by atoms with E-state index in [-0.39, 0.29) is 5.91 Å². The van der Waals surface area contributed by atoms with Crippen LogP contribution in [-0.4, -0.2) is 24.0 Å². The Morgan fingerprint density at radius 2 is 1.85 bits per heavy atom. The zero-order chi connectivity index (χ0) is 18.0. The summed E-state index contributed by atoms with van der Waals surface area (Å²) in [6.45, 7) is 2.14. The number of piperidine rings is 1. The maximum Gasteiger partial charge on any atom is 0.244 e. The molecule has 4 rings (SSSR count). The SMILES string of the molecule is N#CC1(C(=O)Nc2ccc(N3CCCCC3)c3ccncc23)CCCC1. The summed E-state index contributed by atoms with van der Waals surface area (Å²) < 4.78 is 0. The number of benzene rings is 1. The van der Waals surface area contributed by atoms with E-state index < -0.39 is 5.41 Å². The highest BCUT2D eigenvalue weighted by Gasteiger charge is 2.41. The summed E-state index contributed by atoms with van der Waals surface area (Å²) in [5.74, 6) is -0.173. The molecule has 0 bridgehead atoms. The van der Waals surface area contributed by atoms with E-state index in [9.17, 15) is 10.1 Å². The molecule has 1 aliphatic heterocycles. The number of nitrogens with one attached hydrogen (secondary N) is 1. The first-order valence-corrected chi connectivity index (χ1v) is 9.58. The van der Waals surface area contributed by atoms with Gasteiger partial charge in [-0.3, -0.25) is 9.78 Å². The highest BCUT2D eigenvalue weighted by molar-refractivity contribution is 6.08. The molecule has 1 amide bonds. The minimum atomic E-state index is -0.875. The minimum Gasteiger partial charge on any atom is -0.371 e. The number of pyridine rings is 1. The molecule has 1 aliphatic carbocycles. The zero-order valence-electron chi connectivity index (χ0n) is 15.0. The van der Waals surface area contributed by atoms with Gasteiger partial charge in [-0.05, 0) is 50.3 Å². The fourth-order valence-corrected chi connectivity index (χ4v) is 4.30. The largest absolute Gasteiger partial charge is 0.371 e. The summed E-state index contributed by atoms with van der Waals surface area (Å²) in [6, 6.07) is 8.35. The highest BCUT2D eigenvalue weighted by Crippen LogP contribution is 2.40. The molecule has 26 heavy (non-hydrogen) atoms. The number of fused-ring (bicyclic) bond motifs is 1. The number of nitriles is 1. The van der Waals surface area contributed by atoms with Crippen molar-refractivity contribution < 1.29 is 4.79 Å². The van der Waals surface area contributed by atoms with E-state index in [0.717, 1.165) is 42.4 Å². The fraction of sp³-hybridized carbons (Fsp3) is 0.476. The molecular formula is C21H24N4O. The summed E-state index contributed by atoms with van der Waals surface area (Å²) in [5, 5.41) is 14.6. The quantitative estimate of drug-likeness (QED) is 0.900. The number of carbonyl (C=O) groups is 1. The highest BCUT2D eigenvalue weighted by atomic mass is 16.2. The minimum absolute atomic E-state index is 0.173. The molecule has 1 aromatic heterocycles. The van der Waals surface area contributed by atoms with Crippen LogP contribution in [0, 0.1) is 16.7 Å². The molecule has 1 saturated carbocycles.